The van der Waals surface area contributed by atoms with Gasteiger partial charge in [0, 0.05) is 31.7 Å². The molecule has 36 heavy (non-hydrogen) atoms. The Morgan fingerprint density at radius 3 is 2.00 bits per heavy atom. The molecule has 4 rings (SSSR count). The first-order valence-corrected chi connectivity index (χ1v) is 13.2. The van der Waals surface area contributed by atoms with Crippen LogP contribution in [-0.2, 0) is 0 Å². The predicted molar refractivity (Wildman–Crippen MR) is 149 cm³/mol. The molecular formula is C30H35N3O2S. The molecule has 0 unspecified atom stereocenters. The zero-order valence-electron chi connectivity index (χ0n) is 20.9. The number of benzene rings is 3. The van der Waals surface area contributed by atoms with E-state index < -0.39 is 0 Å². The van der Waals surface area contributed by atoms with Gasteiger partial charge < -0.3 is 9.64 Å². The first-order valence-electron chi connectivity index (χ1n) is 12.8. The van der Waals surface area contributed by atoms with Gasteiger partial charge in [-0.25, -0.2) is 0 Å². The van der Waals surface area contributed by atoms with Gasteiger partial charge in [-0.05, 0) is 54.0 Å². The fraction of sp³-hybridized carbons (Fsp3) is 0.333. The lowest BCUT2D eigenvalue weighted by atomic mass is 9.96. The van der Waals surface area contributed by atoms with Crippen molar-refractivity contribution in [3.8, 4) is 5.75 Å². The zero-order valence-corrected chi connectivity index (χ0v) is 21.8. The van der Waals surface area contributed by atoms with Crippen molar-refractivity contribution in [3.05, 3.63) is 102 Å². The quantitative estimate of drug-likeness (QED) is 0.302. The van der Waals surface area contributed by atoms with Gasteiger partial charge in [-0.3, -0.25) is 15.0 Å². The molecule has 1 aliphatic heterocycles. The molecule has 1 N–H and O–H groups in total. The molecule has 0 spiro atoms. The monoisotopic (exact) mass is 501 g/mol. The summed E-state index contributed by atoms with van der Waals surface area (Å²) >= 11 is 5.60. The van der Waals surface area contributed by atoms with Gasteiger partial charge in [0.25, 0.3) is 5.91 Å². The van der Waals surface area contributed by atoms with Gasteiger partial charge in [0.05, 0.1) is 12.6 Å². The summed E-state index contributed by atoms with van der Waals surface area (Å²) in [7, 11) is 0. The predicted octanol–water partition coefficient (Wildman–Crippen LogP) is 5.68. The minimum absolute atomic E-state index is 0.189. The molecule has 1 fully saturated rings. The average molecular weight is 502 g/mol. The SMILES string of the molecule is CCCCCOc1ccc(C(=O)NC(=S)N2CCN(C(c3ccccc3)c3ccccc3)CC2)cc1. The zero-order chi connectivity index (χ0) is 25.2. The first kappa shape index (κ1) is 25.9. The number of ether oxygens (including phenoxy) is 1. The largest absolute Gasteiger partial charge is 0.494 e. The Labute approximate surface area is 220 Å². The maximum Gasteiger partial charge on any atom is 0.257 e. The standard InChI is InChI=1S/C30H35N3O2S/c1-2-3-10-23-35-27-17-15-26(16-18-27)29(34)31-30(36)33-21-19-32(20-22-33)28(24-11-6-4-7-12-24)25-13-8-5-9-14-25/h4-9,11-18,28H,2-3,10,19-23H2,1H3,(H,31,34,36). The number of thiocarbonyl (C=S) groups is 1. The molecule has 3 aromatic carbocycles. The summed E-state index contributed by atoms with van der Waals surface area (Å²) < 4.78 is 5.74. The number of nitrogens with zero attached hydrogens (tertiary/aromatic N) is 2. The Kier molecular flexibility index (Phi) is 9.47. The van der Waals surface area contributed by atoms with Crippen LogP contribution in [0.15, 0.2) is 84.9 Å². The lowest BCUT2D eigenvalue weighted by Crippen LogP contribution is -2.53. The van der Waals surface area contributed by atoms with Crippen LogP contribution >= 0.6 is 12.2 Å². The van der Waals surface area contributed by atoms with E-state index in [4.69, 9.17) is 17.0 Å². The van der Waals surface area contributed by atoms with Crippen LogP contribution in [0.3, 0.4) is 0 Å². The van der Waals surface area contributed by atoms with E-state index in [1.165, 1.54) is 11.1 Å². The Bertz CT molecular complexity index is 1060. The smallest absolute Gasteiger partial charge is 0.257 e. The minimum atomic E-state index is -0.189. The number of piperazine rings is 1. The molecule has 6 heteroatoms. The molecule has 0 aliphatic carbocycles. The summed E-state index contributed by atoms with van der Waals surface area (Å²) in [5.74, 6) is 0.596. The van der Waals surface area contributed by atoms with Crippen LogP contribution in [-0.4, -0.2) is 53.6 Å². The fourth-order valence-electron chi connectivity index (χ4n) is 4.56. The molecule has 0 radical (unpaired) electrons. The Morgan fingerprint density at radius 1 is 0.861 bits per heavy atom. The number of rotatable bonds is 9. The van der Waals surface area contributed by atoms with E-state index in [-0.39, 0.29) is 11.9 Å². The second-order valence-corrected chi connectivity index (χ2v) is 9.47. The molecule has 1 heterocycles. The second-order valence-electron chi connectivity index (χ2n) is 9.09. The molecule has 1 saturated heterocycles. The van der Waals surface area contributed by atoms with Gasteiger partial charge in [-0.2, -0.15) is 0 Å². The highest BCUT2D eigenvalue weighted by molar-refractivity contribution is 7.80. The molecule has 5 nitrogen and oxygen atoms in total. The molecule has 1 aliphatic rings. The number of carbonyl (C=O) groups excluding carboxylic acids is 1. The van der Waals surface area contributed by atoms with E-state index in [0.717, 1.165) is 51.2 Å². The highest BCUT2D eigenvalue weighted by Crippen LogP contribution is 2.29. The number of hydrogen-bond donors (Lipinski definition) is 1. The number of unbranched alkanes of at least 4 members (excludes halogenated alkanes) is 2. The summed E-state index contributed by atoms with van der Waals surface area (Å²) in [5, 5.41) is 3.39. The van der Waals surface area contributed by atoms with E-state index in [0.29, 0.717) is 17.3 Å². The highest BCUT2D eigenvalue weighted by Gasteiger charge is 2.27. The van der Waals surface area contributed by atoms with Crippen LogP contribution < -0.4 is 10.1 Å². The van der Waals surface area contributed by atoms with Crippen molar-refractivity contribution in [1.82, 2.24) is 15.1 Å². The summed E-state index contributed by atoms with van der Waals surface area (Å²) in [6.45, 7) is 6.11. The van der Waals surface area contributed by atoms with Gasteiger partial charge in [-0.15, -0.1) is 0 Å². The van der Waals surface area contributed by atoms with Crippen LogP contribution in [0.2, 0.25) is 0 Å². The van der Waals surface area contributed by atoms with Crippen LogP contribution in [0.25, 0.3) is 0 Å². The highest BCUT2D eigenvalue weighted by atomic mass is 32.1. The van der Waals surface area contributed by atoms with Crippen LogP contribution in [0, 0.1) is 0 Å². The van der Waals surface area contributed by atoms with E-state index in [2.05, 4.69) is 82.7 Å². The Morgan fingerprint density at radius 2 is 1.44 bits per heavy atom. The van der Waals surface area contributed by atoms with Gasteiger partial charge >= 0.3 is 0 Å². The first-order chi connectivity index (χ1) is 17.7. The van der Waals surface area contributed by atoms with Crippen molar-refractivity contribution < 1.29 is 9.53 Å². The third kappa shape index (κ3) is 6.93. The number of amides is 1. The van der Waals surface area contributed by atoms with Crippen molar-refractivity contribution in [1.29, 1.82) is 0 Å². The number of hydrogen-bond acceptors (Lipinski definition) is 4. The molecule has 0 bridgehead atoms. The third-order valence-electron chi connectivity index (χ3n) is 6.55. The van der Waals surface area contributed by atoms with Crippen LogP contribution in [0.4, 0.5) is 0 Å². The number of carbonyl (C=O) groups is 1. The van der Waals surface area contributed by atoms with Crippen molar-refractivity contribution in [2.45, 2.75) is 32.2 Å². The summed E-state index contributed by atoms with van der Waals surface area (Å²) in [6, 6.07) is 28.7. The van der Waals surface area contributed by atoms with E-state index in [1.54, 1.807) is 12.1 Å². The fourth-order valence-corrected chi connectivity index (χ4v) is 4.84. The summed E-state index contributed by atoms with van der Waals surface area (Å²) in [5.41, 5.74) is 3.14. The second kappa shape index (κ2) is 13.2. The summed E-state index contributed by atoms with van der Waals surface area (Å²) in [6.07, 6.45) is 3.36. The van der Waals surface area contributed by atoms with Crippen LogP contribution in [0.1, 0.15) is 53.7 Å². The molecular weight excluding hydrogens is 466 g/mol. The van der Waals surface area contributed by atoms with E-state index in [9.17, 15) is 4.79 Å². The Balaban J connectivity index is 1.31. The van der Waals surface area contributed by atoms with Gasteiger partial charge in [0.15, 0.2) is 5.11 Å². The van der Waals surface area contributed by atoms with Crippen LogP contribution in [0.5, 0.6) is 5.75 Å². The molecule has 0 atom stereocenters. The van der Waals surface area contributed by atoms with Crippen molar-refractivity contribution in [3.63, 3.8) is 0 Å². The number of nitrogens with one attached hydrogen (secondary N) is 1. The minimum Gasteiger partial charge on any atom is -0.494 e. The lowest BCUT2D eigenvalue weighted by molar-refractivity contribution is 0.0967. The van der Waals surface area contributed by atoms with Gasteiger partial charge in [0.2, 0.25) is 0 Å². The summed E-state index contributed by atoms with van der Waals surface area (Å²) in [4.78, 5) is 17.4. The van der Waals surface area contributed by atoms with Gasteiger partial charge in [0.1, 0.15) is 5.75 Å². The topological polar surface area (TPSA) is 44.8 Å². The van der Waals surface area contributed by atoms with Crippen molar-refractivity contribution >= 4 is 23.2 Å². The van der Waals surface area contributed by atoms with E-state index >= 15 is 0 Å². The van der Waals surface area contributed by atoms with Crippen molar-refractivity contribution in [2.75, 3.05) is 32.8 Å². The average Bonchev–Trinajstić information content (AvgIpc) is 2.93. The third-order valence-corrected chi connectivity index (χ3v) is 6.91. The molecule has 3 aromatic rings. The van der Waals surface area contributed by atoms with Crippen molar-refractivity contribution in [2.24, 2.45) is 0 Å². The Hall–Kier alpha value is -3.22. The molecule has 0 aromatic heterocycles. The molecule has 188 valence electrons. The molecule has 1 amide bonds. The normalized spacial score (nSPS) is 14.0. The maximum absolute atomic E-state index is 12.8. The maximum atomic E-state index is 12.8. The van der Waals surface area contributed by atoms with E-state index in [1.807, 2.05) is 12.1 Å². The lowest BCUT2D eigenvalue weighted by Gasteiger charge is -2.40. The molecule has 0 saturated carbocycles. The van der Waals surface area contributed by atoms with Gasteiger partial charge in [-0.1, -0.05) is 80.4 Å².